The van der Waals surface area contributed by atoms with E-state index < -0.39 is 15.7 Å². The fourth-order valence-corrected chi connectivity index (χ4v) is 2.84. The summed E-state index contributed by atoms with van der Waals surface area (Å²) < 4.78 is 28.1. The lowest BCUT2D eigenvalue weighted by molar-refractivity contribution is 0.421. The Morgan fingerprint density at radius 2 is 1.63 bits per heavy atom. The molecular weight excluding hydrogens is 262 g/mol. The summed E-state index contributed by atoms with van der Waals surface area (Å²) >= 11 is 0. The fraction of sp³-hybridized carbons (Fsp3) is 0.538. The van der Waals surface area contributed by atoms with Gasteiger partial charge in [0.2, 0.25) is 0 Å². The van der Waals surface area contributed by atoms with E-state index in [1.54, 1.807) is 7.05 Å². The van der Waals surface area contributed by atoms with Crippen molar-refractivity contribution in [3.8, 4) is 0 Å². The predicted molar refractivity (Wildman–Crippen MR) is 77.6 cm³/mol. The summed E-state index contributed by atoms with van der Waals surface area (Å²) in [6.45, 7) is 6.26. The maximum Gasteiger partial charge on any atom is 0.279 e. The van der Waals surface area contributed by atoms with Crippen LogP contribution in [0.4, 0.5) is 0 Å². The summed E-state index contributed by atoms with van der Waals surface area (Å²) in [4.78, 5) is 0. The van der Waals surface area contributed by atoms with Crippen LogP contribution in [-0.4, -0.2) is 25.3 Å². The number of benzene rings is 1. The Morgan fingerprint density at radius 1 is 1.16 bits per heavy atom. The molecule has 3 N–H and O–H groups in total. The molecule has 6 heteroatoms. The molecule has 0 bridgehead atoms. The van der Waals surface area contributed by atoms with Crippen molar-refractivity contribution in [1.29, 1.82) is 0 Å². The van der Waals surface area contributed by atoms with E-state index in [4.69, 9.17) is 5.73 Å². The molecular formula is C13H23N3O2S. The summed E-state index contributed by atoms with van der Waals surface area (Å²) in [5.74, 6) is 0. The molecule has 1 aromatic carbocycles. The molecule has 0 spiro atoms. The molecule has 5 nitrogen and oxygen atoms in total. The highest BCUT2D eigenvalue weighted by Crippen LogP contribution is 2.10. The molecule has 108 valence electrons. The van der Waals surface area contributed by atoms with E-state index in [9.17, 15) is 8.42 Å². The molecule has 1 rings (SSSR count). The molecule has 0 fully saturated rings. The maximum absolute atomic E-state index is 12.1. The van der Waals surface area contributed by atoms with E-state index in [0.717, 1.165) is 11.1 Å². The third-order valence-corrected chi connectivity index (χ3v) is 4.33. The van der Waals surface area contributed by atoms with E-state index in [0.29, 0.717) is 13.1 Å². The van der Waals surface area contributed by atoms with Gasteiger partial charge in [-0.1, -0.05) is 24.3 Å². The molecule has 0 saturated heterocycles. The quantitative estimate of drug-likeness (QED) is 0.854. The molecule has 0 radical (unpaired) electrons. The van der Waals surface area contributed by atoms with Crippen LogP contribution in [0.3, 0.4) is 0 Å². The van der Waals surface area contributed by atoms with Crippen LogP contribution in [-0.2, 0) is 23.3 Å². The predicted octanol–water partition coefficient (Wildman–Crippen LogP) is 1.21. The first-order valence-electron chi connectivity index (χ1n) is 6.17. The Labute approximate surface area is 116 Å². The van der Waals surface area contributed by atoms with E-state index in [1.165, 1.54) is 4.31 Å². The fourth-order valence-electron chi connectivity index (χ4n) is 1.59. The molecule has 0 unspecified atom stereocenters. The monoisotopic (exact) mass is 285 g/mol. The third kappa shape index (κ3) is 5.28. The second kappa shape index (κ2) is 6.00. The highest BCUT2D eigenvalue weighted by atomic mass is 32.2. The summed E-state index contributed by atoms with van der Waals surface area (Å²) in [6.07, 6.45) is 0. The largest absolute Gasteiger partial charge is 0.326 e. The molecule has 0 aliphatic carbocycles. The Morgan fingerprint density at radius 3 is 2.05 bits per heavy atom. The van der Waals surface area contributed by atoms with Gasteiger partial charge in [-0.3, -0.25) is 0 Å². The normalized spacial score (nSPS) is 12.9. The first-order chi connectivity index (χ1) is 8.64. The van der Waals surface area contributed by atoms with Crippen LogP contribution in [0.1, 0.15) is 31.9 Å². The molecule has 0 aromatic heterocycles. The van der Waals surface area contributed by atoms with Crippen molar-refractivity contribution in [3.05, 3.63) is 35.4 Å². The molecule has 0 heterocycles. The molecule has 1 aromatic rings. The molecule has 0 aliphatic rings. The van der Waals surface area contributed by atoms with Gasteiger partial charge in [-0.15, -0.1) is 0 Å². The van der Waals surface area contributed by atoms with Crippen LogP contribution in [0.2, 0.25) is 0 Å². The third-order valence-electron chi connectivity index (χ3n) is 2.51. The standard InChI is InChI=1S/C13H23N3O2S/c1-13(2,3)15-19(17,18)16(4)10-12-7-5-11(9-14)6-8-12/h5-8,15H,9-10,14H2,1-4H3. The van der Waals surface area contributed by atoms with Gasteiger partial charge < -0.3 is 5.73 Å². The minimum atomic E-state index is -3.47. The highest BCUT2D eigenvalue weighted by Gasteiger charge is 2.24. The van der Waals surface area contributed by atoms with Crippen molar-refractivity contribution in [2.45, 2.75) is 39.4 Å². The van der Waals surface area contributed by atoms with Crippen LogP contribution in [0.25, 0.3) is 0 Å². The Bertz CT molecular complexity index is 504. The minimum Gasteiger partial charge on any atom is -0.326 e. The Kier molecular flexibility index (Phi) is 5.09. The van der Waals surface area contributed by atoms with Gasteiger partial charge in [0.15, 0.2) is 0 Å². The lowest BCUT2D eigenvalue weighted by atomic mass is 10.1. The lowest BCUT2D eigenvalue weighted by Crippen LogP contribution is -2.47. The smallest absolute Gasteiger partial charge is 0.279 e. The van der Waals surface area contributed by atoms with Gasteiger partial charge in [0.25, 0.3) is 10.2 Å². The number of hydrogen-bond donors (Lipinski definition) is 2. The number of nitrogens with zero attached hydrogens (tertiary/aromatic N) is 1. The zero-order valence-electron chi connectivity index (χ0n) is 12.0. The van der Waals surface area contributed by atoms with Gasteiger partial charge in [0.1, 0.15) is 0 Å². The van der Waals surface area contributed by atoms with Crippen molar-refractivity contribution in [1.82, 2.24) is 9.03 Å². The van der Waals surface area contributed by atoms with E-state index >= 15 is 0 Å². The zero-order valence-corrected chi connectivity index (χ0v) is 12.8. The Hall–Kier alpha value is -0.950. The number of nitrogens with one attached hydrogen (secondary N) is 1. The van der Waals surface area contributed by atoms with Crippen molar-refractivity contribution in [3.63, 3.8) is 0 Å². The molecule has 0 amide bonds. The van der Waals surface area contributed by atoms with Crippen molar-refractivity contribution in [2.75, 3.05) is 7.05 Å². The van der Waals surface area contributed by atoms with Gasteiger partial charge in [-0.05, 0) is 31.9 Å². The number of hydrogen-bond acceptors (Lipinski definition) is 3. The Balaban J connectivity index is 2.75. The van der Waals surface area contributed by atoms with Crippen molar-refractivity contribution < 1.29 is 8.42 Å². The van der Waals surface area contributed by atoms with Gasteiger partial charge in [0.05, 0.1) is 0 Å². The minimum absolute atomic E-state index is 0.330. The van der Waals surface area contributed by atoms with Crippen LogP contribution in [0.15, 0.2) is 24.3 Å². The second-order valence-corrected chi connectivity index (χ2v) is 7.41. The first-order valence-corrected chi connectivity index (χ1v) is 7.61. The molecule has 0 saturated carbocycles. The van der Waals surface area contributed by atoms with Crippen LogP contribution >= 0.6 is 0 Å². The van der Waals surface area contributed by atoms with Gasteiger partial charge in [-0.2, -0.15) is 17.4 Å². The topological polar surface area (TPSA) is 75.4 Å². The van der Waals surface area contributed by atoms with E-state index in [-0.39, 0.29) is 0 Å². The van der Waals surface area contributed by atoms with E-state index in [2.05, 4.69) is 4.72 Å². The van der Waals surface area contributed by atoms with Crippen LogP contribution in [0, 0.1) is 0 Å². The van der Waals surface area contributed by atoms with E-state index in [1.807, 2.05) is 45.0 Å². The maximum atomic E-state index is 12.1. The highest BCUT2D eigenvalue weighted by molar-refractivity contribution is 7.87. The van der Waals surface area contributed by atoms with Crippen molar-refractivity contribution >= 4 is 10.2 Å². The summed E-state index contributed by atoms with van der Waals surface area (Å²) in [5, 5.41) is 0. The van der Waals surface area contributed by atoms with Crippen LogP contribution in [0.5, 0.6) is 0 Å². The van der Waals surface area contributed by atoms with Crippen LogP contribution < -0.4 is 10.5 Å². The summed E-state index contributed by atoms with van der Waals surface area (Å²) in [6, 6.07) is 7.61. The van der Waals surface area contributed by atoms with Gasteiger partial charge >= 0.3 is 0 Å². The number of nitrogens with two attached hydrogens (primary N) is 1. The first kappa shape index (κ1) is 16.1. The number of rotatable bonds is 5. The van der Waals surface area contributed by atoms with Gasteiger partial charge in [0, 0.05) is 25.7 Å². The average molecular weight is 285 g/mol. The van der Waals surface area contributed by atoms with Gasteiger partial charge in [-0.25, -0.2) is 0 Å². The molecule has 0 aliphatic heterocycles. The molecule has 0 atom stereocenters. The summed E-state index contributed by atoms with van der Waals surface area (Å²) in [7, 11) is -1.91. The average Bonchev–Trinajstić information content (AvgIpc) is 2.26. The summed E-state index contributed by atoms with van der Waals surface area (Å²) in [5.41, 5.74) is 6.99. The molecule has 19 heavy (non-hydrogen) atoms. The second-order valence-electron chi connectivity index (χ2n) is 5.63. The SMILES string of the molecule is CN(Cc1ccc(CN)cc1)S(=O)(=O)NC(C)(C)C. The lowest BCUT2D eigenvalue weighted by Gasteiger charge is -2.25. The zero-order chi connectivity index (χ0) is 14.7. The van der Waals surface area contributed by atoms with Crippen molar-refractivity contribution in [2.24, 2.45) is 5.73 Å².